The van der Waals surface area contributed by atoms with Gasteiger partial charge in [0.05, 0.1) is 11.1 Å². The van der Waals surface area contributed by atoms with Crippen LogP contribution in [0.5, 0.6) is 0 Å². The first-order valence-corrected chi connectivity index (χ1v) is 9.48. The van der Waals surface area contributed by atoms with Gasteiger partial charge in [0.25, 0.3) is 0 Å². The minimum absolute atomic E-state index is 0.0425. The van der Waals surface area contributed by atoms with Gasteiger partial charge < -0.3 is 11.5 Å². The fourth-order valence-electron chi connectivity index (χ4n) is 2.49. The van der Waals surface area contributed by atoms with E-state index in [1.54, 1.807) is 0 Å². The highest BCUT2D eigenvalue weighted by Gasteiger charge is 2.32. The molecular weight excluding hydrogens is 482 g/mol. The van der Waals surface area contributed by atoms with E-state index >= 15 is 0 Å². The minimum atomic E-state index is -4.62. The van der Waals surface area contributed by atoms with Gasteiger partial charge in [0, 0.05) is 13.1 Å². The Kier molecular flexibility index (Phi) is 10.8. The zero-order chi connectivity index (χ0) is 26.1. The van der Waals surface area contributed by atoms with E-state index in [9.17, 15) is 43.9 Å². The van der Waals surface area contributed by atoms with Gasteiger partial charge in [-0.25, -0.2) is 17.6 Å². The van der Waals surface area contributed by atoms with Crippen LogP contribution in [0, 0.1) is 11.6 Å². The lowest BCUT2D eigenvalue weighted by Gasteiger charge is -2.08. The topological polar surface area (TPSA) is 52.0 Å². The molecule has 0 aliphatic carbocycles. The number of allylic oxidation sites excluding steroid dienone is 2. The van der Waals surface area contributed by atoms with Crippen molar-refractivity contribution in [3.8, 4) is 0 Å². The third-order valence-corrected chi connectivity index (χ3v) is 4.08. The van der Waals surface area contributed by atoms with Crippen molar-refractivity contribution in [2.45, 2.75) is 25.2 Å². The van der Waals surface area contributed by atoms with Crippen molar-refractivity contribution in [1.82, 2.24) is 0 Å². The monoisotopic (exact) mass is 502 g/mol. The van der Waals surface area contributed by atoms with Crippen LogP contribution in [0.15, 0.2) is 60.2 Å². The number of halogens is 10. The van der Waals surface area contributed by atoms with Crippen molar-refractivity contribution in [2.75, 3.05) is 13.1 Å². The molecule has 2 rings (SSSR count). The molecule has 0 saturated carbocycles. The van der Waals surface area contributed by atoms with Crippen LogP contribution >= 0.6 is 0 Å². The van der Waals surface area contributed by atoms with Gasteiger partial charge in [0.1, 0.15) is 23.3 Å². The molecule has 0 bridgehead atoms. The minimum Gasteiger partial charge on any atom is -0.325 e. The molecule has 0 radical (unpaired) electrons. The van der Waals surface area contributed by atoms with Crippen molar-refractivity contribution in [3.05, 3.63) is 94.1 Å². The van der Waals surface area contributed by atoms with Gasteiger partial charge in [-0.2, -0.15) is 26.3 Å². The summed E-state index contributed by atoms with van der Waals surface area (Å²) in [5.74, 6) is -3.31. The van der Waals surface area contributed by atoms with Gasteiger partial charge in [-0.1, -0.05) is 0 Å². The first-order chi connectivity index (χ1) is 15.6. The molecule has 2 aromatic rings. The molecule has 0 spiro atoms. The molecule has 0 aliphatic heterocycles. The fraction of sp³-hybridized carbons (Fsp3) is 0.273. The summed E-state index contributed by atoms with van der Waals surface area (Å²) < 4.78 is 125. The van der Waals surface area contributed by atoms with Crippen LogP contribution in [0.25, 0.3) is 0 Å². The third-order valence-electron chi connectivity index (χ3n) is 4.08. The number of nitrogens with two attached hydrogens (primary N) is 2. The van der Waals surface area contributed by atoms with Crippen LogP contribution in [0.1, 0.15) is 22.3 Å². The summed E-state index contributed by atoms with van der Waals surface area (Å²) in [5, 5.41) is 0. The molecule has 0 unspecified atom stereocenters. The molecule has 34 heavy (non-hydrogen) atoms. The van der Waals surface area contributed by atoms with Crippen molar-refractivity contribution < 1.29 is 43.9 Å². The number of alkyl halides is 6. The zero-order valence-corrected chi connectivity index (χ0v) is 17.4. The molecule has 0 aromatic heterocycles. The summed E-state index contributed by atoms with van der Waals surface area (Å²) in [6.07, 6.45) is -7.46. The summed E-state index contributed by atoms with van der Waals surface area (Å²) >= 11 is 0. The molecule has 0 saturated heterocycles. The highest BCUT2D eigenvalue weighted by molar-refractivity contribution is 5.29. The summed E-state index contributed by atoms with van der Waals surface area (Å²) in [6, 6.07) is 4.21. The average molecular weight is 502 g/mol. The third kappa shape index (κ3) is 10.4. The predicted molar refractivity (Wildman–Crippen MR) is 107 cm³/mol. The molecule has 188 valence electrons. The van der Waals surface area contributed by atoms with Crippen LogP contribution < -0.4 is 11.5 Å². The lowest BCUT2D eigenvalue weighted by Crippen LogP contribution is -2.06. The van der Waals surface area contributed by atoms with E-state index in [0.717, 1.165) is 36.4 Å². The highest BCUT2D eigenvalue weighted by Crippen LogP contribution is 2.31. The Morgan fingerprint density at radius 1 is 0.618 bits per heavy atom. The van der Waals surface area contributed by atoms with Crippen LogP contribution in [-0.2, 0) is 25.2 Å². The SMILES string of the molecule is NC/C(F)=C/Cc1cc(F)cc(C(F)(F)F)c1.NC/C(F)=C\Cc1cc(F)cc(C(F)(F)F)c1. The molecule has 0 heterocycles. The quantitative estimate of drug-likeness (QED) is 0.450. The molecule has 12 heteroatoms. The first kappa shape index (κ1) is 29.2. The second kappa shape index (κ2) is 12.6. The smallest absolute Gasteiger partial charge is 0.325 e. The molecule has 0 atom stereocenters. The van der Waals surface area contributed by atoms with Gasteiger partial charge in [-0.3, -0.25) is 0 Å². The molecular formula is C22H20F10N2. The highest BCUT2D eigenvalue weighted by atomic mass is 19.4. The Hall–Kier alpha value is -2.86. The van der Waals surface area contributed by atoms with Crippen LogP contribution in [0.4, 0.5) is 43.9 Å². The predicted octanol–water partition coefficient (Wildman–Crippen LogP) is 6.40. The van der Waals surface area contributed by atoms with E-state index in [4.69, 9.17) is 11.5 Å². The average Bonchev–Trinajstić information content (AvgIpc) is 2.74. The molecule has 0 aliphatic rings. The maximum atomic E-state index is 12.9. The summed E-state index contributed by atoms with van der Waals surface area (Å²) in [6.45, 7) is -0.664. The van der Waals surface area contributed by atoms with E-state index in [2.05, 4.69) is 0 Å². The lowest BCUT2D eigenvalue weighted by atomic mass is 10.1. The van der Waals surface area contributed by atoms with Gasteiger partial charge in [0.2, 0.25) is 0 Å². The maximum absolute atomic E-state index is 12.9. The Morgan fingerprint density at radius 3 is 1.21 bits per heavy atom. The first-order valence-electron chi connectivity index (χ1n) is 9.48. The number of hydrogen-bond donors (Lipinski definition) is 2. The van der Waals surface area contributed by atoms with Gasteiger partial charge in [-0.15, -0.1) is 0 Å². The Bertz CT molecular complexity index is 926. The van der Waals surface area contributed by atoms with Gasteiger partial charge in [-0.05, 0) is 72.5 Å². The largest absolute Gasteiger partial charge is 0.416 e. The molecule has 4 N–H and O–H groups in total. The van der Waals surface area contributed by atoms with Crippen LogP contribution in [0.2, 0.25) is 0 Å². The van der Waals surface area contributed by atoms with E-state index in [1.807, 2.05) is 0 Å². The summed E-state index contributed by atoms with van der Waals surface area (Å²) in [4.78, 5) is 0. The van der Waals surface area contributed by atoms with Crippen LogP contribution in [0.3, 0.4) is 0 Å². The van der Waals surface area contributed by atoms with E-state index in [-0.39, 0.29) is 37.1 Å². The molecule has 0 amide bonds. The zero-order valence-electron chi connectivity index (χ0n) is 17.4. The second-order valence-corrected chi connectivity index (χ2v) is 6.81. The van der Waals surface area contributed by atoms with E-state index in [1.165, 1.54) is 0 Å². The molecule has 2 aromatic carbocycles. The van der Waals surface area contributed by atoms with Crippen LogP contribution in [-0.4, -0.2) is 13.1 Å². The van der Waals surface area contributed by atoms with Crippen molar-refractivity contribution in [3.63, 3.8) is 0 Å². The maximum Gasteiger partial charge on any atom is 0.416 e. The fourth-order valence-corrected chi connectivity index (χ4v) is 2.49. The second-order valence-electron chi connectivity index (χ2n) is 6.81. The standard InChI is InChI=1S/2C11H10F5N/c2*12-9(6-17)2-1-7-3-8(11(14,15)16)5-10(13)4-7/h2*2-5H,1,6,17H2/b9-2+;9-2-. The Labute approximate surface area is 188 Å². The lowest BCUT2D eigenvalue weighted by molar-refractivity contribution is -0.138. The Balaban J connectivity index is 0.000000340. The molecule has 0 fully saturated rings. The molecule has 2 nitrogen and oxygen atoms in total. The summed E-state index contributed by atoms with van der Waals surface area (Å²) in [5.41, 5.74) is 7.84. The number of benzene rings is 2. The van der Waals surface area contributed by atoms with Gasteiger partial charge in [0.15, 0.2) is 0 Å². The number of rotatable bonds is 6. The van der Waals surface area contributed by atoms with Crippen molar-refractivity contribution in [1.29, 1.82) is 0 Å². The Morgan fingerprint density at radius 2 is 0.941 bits per heavy atom. The summed E-state index contributed by atoms with van der Waals surface area (Å²) in [7, 11) is 0. The van der Waals surface area contributed by atoms with Crippen molar-refractivity contribution in [2.24, 2.45) is 11.5 Å². The van der Waals surface area contributed by atoms with Crippen molar-refractivity contribution >= 4 is 0 Å². The van der Waals surface area contributed by atoms with Gasteiger partial charge >= 0.3 is 12.4 Å². The van der Waals surface area contributed by atoms with E-state index < -0.39 is 46.8 Å². The normalized spacial score (nSPS) is 12.9. The van der Waals surface area contributed by atoms with E-state index in [0.29, 0.717) is 12.1 Å². The number of hydrogen-bond acceptors (Lipinski definition) is 2.